The van der Waals surface area contributed by atoms with Crippen LogP contribution >= 0.6 is 0 Å². The highest BCUT2D eigenvalue weighted by Crippen LogP contribution is 2.45. The van der Waals surface area contributed by atoms with Crippen molar-refractivity contribution in [3.8, 4) is 12.1 Å². The first-order valence-electron chi connectivity index (χ1n) is 8.87. The van der Waals surface area contributed by atoms with Gasteiger partial charge in [0, 0.05) is 37.0 Å². The fourth-order valence-electron chi connectivity index (χ4n) is 3.89. The van der Waals surface area contributed by atoms with Gasteiger partial charge in [0.15, 0.2) is 9.84 Å². The number of hydrogen-bond acceptors (Lipinski definition) is 7. The third-order valence-corrected chi connectivity index (χ3v) is 8.10. The number of rotatable bonds is 4. The van der Waals surface area contributed by atoms with Crippen LogP contribution in [0, 0.1) is 17.2 Å². The number of nitriles is 1. The summed E-state index contributed by atoms with van der Waals surface area (Å²) < 4.78 is 30.1. The third-order valence-electron chi connectivity index (χ3n) is 5.50. The fourth-order valence-corrected chi connectivity index (χ4v) is 6.29. The van der Waals surface area contributed by atoms with Crippen LogP contribution in [0.15, 0.2) is 42.7 Å². The number of benzene rings is 1. The molecule has 1 spiro atoms. The van der Waals surface area contributed by atoms with E-state index in [-0.39, 0.29) is 43.3 Å². The Labute approximate surface area is 162 Å². The van der Waals surface area contributed by atoms with E-state index in [2.05, 4.69) is 9.97 Å². The number of sulfone groups is 1. The van der Waals surface area contributed by atoms with Gasteiger partial charge in [0.2, 0.25) is 0 Å². The second-order valence-corrected chi connectivity index (χ2v) is 9.52. The van der Waals surface area contributed by atoms with E-state index < -0.39 is 14.6 Å². The molecule has 1 aromatic carbocycles. The van der Waals surface area contributed by atoms with E-state index in [1.54, 1.807) is 36.7 Å². The summed E-state index contributed by atoms with van der Waals surface area (Å²) in [5, 5.41) is 9.00. The Bertz CT molecular complexity index is 1040. The molecule has 1 amide bonds. The minimum Gasteiger partial charge on any atom is -0.463 e. The Balaban J connectivity index is 1.48. The van der Waals surface area contributed by atoms with Crippen molar-refractivity contribution in [3.63, 3.8) is 0 Å². The lowest BCUT2D eigenvalue weighted by molar-refractivity contribution is 0.0403. The van der Waals surface area contributed by atoms with Gasteiger partial charge in [-0.2, -0.15) is 5.26 Å². The highest BCUT2D eigenvalue weighted by molar-refractivity contribution is 7.93. The second kappa shape index (κ2) is 6.87. The fraction of sp³-hybridized carbons (Fsp3) is 0.368. The highest BCUT2D eigenvalue weighted by atomic mass is 32.2. The first-order chi connectivity index (χ1) is 13.4. The molecule has 0 unspecified atom stereocenters. The molecule has 144 valence electrons. The zero-order valence-electron chi connectivity index (χ0n) is 15.0. The van der Waals surface area contributed by atoms with E-state index in [9.17, 15) is 13.2 Å². The molecule has 2 aliphatic rings. The predicted molar refractivity (Wildman–Crippen MR) is 99.2 cm³/mol. The van der Waals surface area contributed by atoms with Gasteiger partial charge in [0.05, 0.1) is 24.0 Å². The number of aromatic nitrogens is 2. The van der Waals surface area contributed by atoms with Crippen LogP contribution in [0.5, 0.6) is 6.01 Å². The summed E-state index contributed by atoms with van der Waals surface area (Å²) in [5.41, 5.74) is 0.776. The van der Waals surface area contributed by atoms with Gasteiger partial charge in [-0.15, -0.1) is 0 Å². The largest absolute Gasteiger partial charge is 0.463 e. The van der Waals surface area contributed by atoms with Crippen LogP contribution in [0.1, 0.15) is 22.3 Å². The van der Waals surface area contributed by atoms with Crippen molar-refractivity contribution in [2.75, 3.05) is 25.4 Å². The number of amides is 1. The lowest BCUT2D eigenvalue weighted by Gasteiger charge is -2.49. The molecule has 0 bridgehead atoms. The Morgan fingerprint density at radius 2 is 2.04 bits per heavy atom. The van der Waals surface area contributed by atoms with E-state index in [4.69, 9.17) is 10.00 Å². The first-order valence-corrected chi connectivity index (χ1v) is 10.5. The number of ether oxygens (including phenoxy) is 1. The van der Waals surface area contributed by atoms with E-state index in [0.717, 1.165) is 0 Å². The Morgan fingerprint density at radius 1 is 1.29 bits per heavy atom. The monoisotopic (exact) mass is 398 g/mol. The average Bonchev–Trinajstić information content (AvgIpc) is 2.96. The molecular formula is C19H18N4O4S. The van der Waals surface area contributed by atoms with Gasteiger partial charge in [-0.25, -0.2) is 18.4 Å². The van der Waals surface area contributed by atoms with Crippen molar-refractivity contribution >= 4 is 15.7 Å². The zero-order chi connectivity index (χ0) is 19.8. The van der Waals surface area contributed by atoms with Crippen molar-refractivity contribution in [2.45, 2.75) is 11.2 Å². The third kappa shape index (κ3) is 2.99. The summed E-state index contributed by atoms with van der Waals surface area (Å²) in [6.45, 7) is 0.457. The van der Waals surface area contributed by atoms with Crippen LogP contribution in [0.3, 0.4) is 0 Å². The minimum absolute atomic E-state index is 0.0859. The first kappa shape index (κ1) is 18.4. The average molecular weight is 398 g/mol. The van der Waals surface area contributed by atoms with Crippen LogP contribution in [0.25, 0.3) is 0 Å². The topological polar surface area (TPSA) is 113 Å². The van der Waals surface area contributed by atoms with Gasteiger partial charge in [-0.1, -0.05) is 6.07 Å². The van der Waals surface area contributed by atoms with Crippen LogP contribution in [-0.2, 0) is 9.84 Å². The van der Waals surface area contributed by atoms with Crippen LogP contribution < -0.4 is 4.74 Å². The summed E-state index contributed by atoms with van der Waals surface area (Å²) in [5.74, 6) is -0.408. The normalized spacial score (nSPS) is 21.7. The molecule has 8 nitrogen and oxygen atoms in total. The zero-order valence-corrected chi connectivity index (χ0v) is 15.8. The van der Waals surface area contributed by atoms with Gasteiger partial charge in [0.1, 0.15) is 4.75 Å². The Kier molecular flexibility index (Phi) is 4.51. The van der Waals surface area contributed by atoms with Gasteiger partial charge in [0.25, 0.3) is 5.91 Å². The van der Waals surface area contributed by atoms with Gasteiger partial charge in [-0.05, 0) is 30.7 Å². The molecule has 2 fully saturated rings. The van der Waals surface area contributed by atoms with Crippen LogP contribution in [0.4, 0.5) is 0 Å². The lowest BCUT2D eigenvalue weighted by Crippen LogP contribution is -2.68. The smallest absolute Gasteiger partial charge is 0.316 e. The number of nitrogens with zero attached hydrogens (tertiary/aromatic N) is 4. The highest BCUT2D eigenvalue weighted by Gasteiger charge is 2.62. The maximum atomic E-state index is 12.7. The number of carbonyl (C=O) groups is 1. The Morgan fingerprint density at radius 3 is 2.75 bits per heavy atom. The number of likely N-dealkylation sites (tertiary alicyclic amines) is 1. The molecule has 2 aromatic rings. The molecule has 3 heterocycles. The minimum atomic E-state index is -3.33. The van der Waals surface area contributed by atoms with E-state index in [1.165, 1.54) is 11.0 Å². The number of hydrogen-bond donors (Lipinski definition) is 0. The molecule has 0 N–H and O–H groups in total. The molecular weight excluding hydrogens is 380 g/mol. The van der Waals surface area contributed by atoms with Crippen molar-refractivity contribution in [1.82, 2.24) is 14.9 Å². The molecule has 2 saturated heterocycles. The summed E-state index contributed by atoms with van der Waals surface area (Å²) in [7, 11) is -3.33. The summed E-state index contributed by atoms with van der Waals surface area (Å²) in [6, 6.07) is 10.3. The molecule has 2 aliphatic heterocycles. The summed E-state index contributed by atoms with van der Waals surface area (Å²) >= 11 is 0. The van der Waals surface area contributed by atoms with Crippen LogP contribution in [0.2, 0.25) is 0 Å². The molecule has 1 atom stereocenters. The molecule has 9 heteroatoms. The van der Waals surface area contributed by atoms with Gasteiger partial charge in [-0.3, -0.25) is 4.79 Å². The maximum Gasteiger partial charge on any atom is 0.316 e. The van der Waals surface area contributed by atoms with Crippen molar-refractivity contribution in [1.29, 1.82) is 5.26 Å². The Hall–Kier alpha value is -2.99. The van der Waals surface area contributed by atoms with Crippen molar-refractivity contribution in [2.24, 2.45) is 5.92 Å². The molecule has 1 aromatic heterocycles. The quantitative estimate of drug-likeness (QED) is 0.756. The maximum absolute atomic E-state index is 12.7. The molecule has 0 radical (unpaired) electrons. The SMILES string of the molecule is N#Cc1cccc(C(=O)N2CC3(C2)[C@H](COc2ncccn2)CCS3(=O)=O)c1. The summed E-state index contributed by atoms with van der Waals surface area (Å²) in [4.78, 5) is 22.2. The summed E-state index contributed by atoms with van der Waals surface area (Å²) in [6.07, 6.45) is 3.60. The lowest BCUT2D eigenvalue weighted by atomic mass is 9.83. The second-order valence-electron chi connectivity index (χ2n) is 7.07. The van der Waals surface area contributed by atoms with Crippen molar-refractivity contribution in [3.05, 3.63) is 53.9 Å². The standard InChI is InChI=1S/C19H18N4O4S/c20-10-14-3-1-4-15(9-14)17(24)23-12-19(13-23)16(5-8-28(19,25)26)11-27-18-21-6-2-7-22-18/h1-4,6-7,9,16H,5,8,11-13H2/t16-/m0/s1. The predicted octanol–water partition coefficient (Wildman–Crippen LogP) is 1.06. The van der Waals surface area contributed by atoms with Crippen molar-refractivity contribution < 1.29 is 17.9 Å². The molecule has 0 saturated carbocycles. The van der Waals surface area contributed by atoms with Gasteiger partial charge < -0.3 is 9.64 Å². The molecule has 28 heavy (non-hydrogen) atoms. The van der Waals surface area contributed by atoms with Crippen LogP contribution in [-0.4, -0.2) is 59.4 Å². The van der Waals surface area contributed by atoms with E-state index in [1.807, 2.05) is 6.07 Å². The van der Waals surface area contributed by atoms with E-state index >= 15 is 0 Å². The molecule has 4 rings (SSSR count). The number of carbonyl (C=O) groups excluding carboxylic acids is 1. The molecule has 0 aliphatic carbocycles. The van der Waals surface area contributed by atoms with E-state index in [0.29, 0.717) is 17.5 Å². The van der Waals surface area contributed by atoms with Gasteiger partial charge >= 0.3 is 6.01 Å².